The van der Waals surface area contributed by atoms with Gasteiger partial charge in [-0.15, -0.1) is 0 Å². The smallest absolute Gasteiger partial charge is 0.245 e. The Balaban J connectivity index is 1.96. The van der Waals surface area contributed by atoms with Crippen molar-refractivity contribution in [3.8, 4) is 22.7 Å². The number of sulfone groups is 1. The van der Waals surface area contributed by atoms with E-state index in [1.165, 1.54) is 22.8 Å². The number of carbonyl (C=O) groups is 1. The molecule has 1 saturated heterocycles. The molecule has 12 heteroatoms. The molecule has 0 saturated carbocycles. The molecule has 1 N–H and O–H groups in total. The highest BCUT2D eigenvalue weighted by molar-refractivity contribution is 7.91. The van der Waals surface area contributed by atoms with Gasteiger partial charge in [-0.25, -0.2) is 22.2 Å². The lowest BCUT2D eigenvalue weighted by Crippen LogP contribution is -2.37. The molecule has 1 aromatic carbocycles. The third-order valence-electron chi connectivity index (χ3n) is 8.01. The second kappa shape index (κ2) is 11.8. The third-order valence-corrected chi connectivity index (χ3v) is 9.68. The van der Waals surface area contributed by atoms with Crippen LogP contribution in [0.25, 0.3) is 28.0 Å². The molecule has 0 bridgehead atoms. The van der Waals surface area contributed by atoms with Crippen molar-refractivity contribution in [2.45, 2.75) is 50.3 Å². The van der Waals surface area contributed by atoms with E-state index in [0.717, 1.165) is 18.4 Å². The minimum Gasteiger partial charge on any atom is -0.507 e. The first kappa shape index (κ1) is 31.4. The number of hydrogen-bond donors (Lipinski definition) is 1. The zero-order valence-electron chi connectivity index (χ0n) is 24.8. The van der Waals surface area contributed by atoms with Gasteiger partial charge in [-0.1, -0.05) is 38.7 Å². The van der Waals surface area contributed by atoms with Crippen molar-refractivity contribution < 1.29 is 27.1 Å². The molecule has 1 amide bonds. The Morgan fingerprint density at radius 3 is 2.45 bits per heavy atom. The lowest BCUT2D eigenvalue weighted by Gasteiger charge is -2.33. The van der Waals surface area contributed by atoms with Crippen LogP contribution in [-0.2, 0) is 14.6 Å². The molecule has 230 valence electrons. The van der Waals surface area contributed by atoms with Gasteiger partial charge in [0.2, 0.25) is 5.91 Å². The molecule has 1 aliphatic rings. The van der Waals surface area contributed by atoms with Crippen LogP contribution in [-0.4, -0.2) is 58.2 Å². The predicted octanol–water partition coefficient (Wildman–Crippen LogP) is 6.53. The SMILES string of the molecule is C=CC(=O)N1CCC(c2c(S(C)(=O)=O)c(=S)n(-c3c(C)ccnc3C(C)C)c3nc(-c4c(O)cccc4F)c(F)cc23)CC1. The Hall–Kier alpha value is -4.03. The van der Waals surface area contributed by atoms with Crippen molar-refractivity contribution in [2.24, 2.45) is 0 Å². The van der Waals surface area contributed by atoms with Crippen LogP contribution in [0.15, 0.2) is 54.1 Å². The van der Waals surface area contributed by atoms with Crippen LogP contribution >= 0.6 is 12.2 Å². The minimum atomic E-state index is -4.00. The maximum absolute atomic E-state index is 16.1. The first-order valence-electron chi connectivity index (χ1n) is 14.1. The highest BCUT2D eigenvalue weighted by Gasteiger charge is 2.33. The number of aryl methyl sites for hydroxylation is 1. The summed E-state index contributed by atoms with van der Waals surface area (Å²) >= 11 is 5.96. The van der Waals surface area contributed by atoms with Gasteiger partial charge < -0.3 is 10.0 Å². The fraction of sp³-hybridized carbons (Fsp3) is 0.312. The van der Waals surface area contributed by atoms with E-state index in [1.807, 2.05) is 20.8 Å². The number of aromatic nitrogens is 3. The summed E-state index contributed by atoms with van der Waals surface area (Å²) in [6.07, 6.45) is 4.70. The second-order valence-electron chi connectivity index (χ2n) is 11.3. The number of aromatic hydroxyl groups is 1. The number of likely N-dealkylation sites (tertiary alicyclic amines) is 1. The summed E-state index contributed by atoms with van der Waals surface area (Å²) < 4.78 is 59.7. The Bertz CT molecular complexity index is 1980. The quantitative estimate of drug-likeness (QED) is 0.189. The van der Waals surface area contributed by atoms with Crippen LogP contribution in [0.1, 0.15) is 55.3 Å². The van der Waals surface area contributed by atoms with E-state index >= 15 is 8.78 Å². The van der Waals surface area contributed by atoms with Crippen LogP contribution in [0.4, 0.5) is 8.78 Å². The summed E-state index contributed by atoms with van der Waals surface area (Å²) in [4.78, 5) is 22.9. The van der Waals surface area contributed by atoms with Crippen LogP contribution in [0.2, 0.25) is 0 Å². The van der Waals surface area contributed by atoms with Gasteiger partial charge in [0.05, 0.1) is 16.9 Å². The summed E-state index contributed by atoms with van der Waals surface area (Å²) in [5.74, 6) is -3.11. The Labute approximate surface area is 259 Å². The third kappa shape index (κ3) is 5.41. The molecule has 0 radical (unpaired) electrons. The van der Waals surface area contributed by atoms with Gasteiger partial charge in [0, 0.05) is 30.9 Å². The molecule has 1 fully saturated rings. The number of nitrogens with zero attached hydrogens (tertiary/aromatic N) is 4. The average molecular weight is 639 g/mol. The Morgan fingerprint density at radius 1 is 1.18 bits per heavy atom. The summed E-state index contributed by atoms with van der Waals surface area (Å²) in [5, 5.41) is 10.7. The molecule has 0 atom stereocenters. The number of halogens is 2. The van der Waals surface area contributed by atoms with Gasteiger partial charge in [0.15, 0.2) is 15.7 Å². The number of benzene rings is 1. The molecule has 0 aliphatic carbocycles. The van der Waals surface area contributed by atoms with Crippen LogP contribution in [0.3, 0.4) is 0 Å². The van der Waals surface area contributed by atoms with Crippen molar-refractivity contribution in [1.82, 2.24) is 19.4 Å². The average Bonchev–Trinajstić information content (AvgIpc) is 2.96. The largest absolute Gasteiger partial charge is 0.507 e. The molecule has 4 aromatic rings. The summed E-state index contributed by atoms with van der Waals surface area (Å²) in [6.45, 7) is 9.89. The standard InChI is InChI=1S/C32H32F2N4O4S2/c1-6-24(40)37-14-11-19(12-15-37)25-20-16-22(34)28(26-21(33)8-7-9-23(26)39)36-31(20)38(32(43)30(25)44(5,41)42)29-18(4)10-13-35-27(29)17(2)3/h6-10,13,16-17,19,39H,1,11-12,14-15H2,2-5H3. The van der Waals surface area contributed by atoms with Crippen molar-refractivity contribution >= 4 is 39.0 Å². The van der Waals surface area contributed by atoms with Gasteiger partial charge in [-0.05, 0) is 73.1 Å². The van der Waals surface area contributed by atoms with Gasteiger partial charge in [-0.3, -0.25) is 14.3 Å². The summed E-state index contributed by atoms with van der Waals surface area (Å²) in [6, 6.07) is 6.51. The maximum atomic E-state index is 16.1. The van der Waals surface area contributed by atoms with E-state index in [1.54, 1.807) is 17.2 Å². The number of carbonyl (C=O) groups excluding carboxylic acids is 1. The second-order valence-corrected chi connectivity index (χ2v) is 13.6. The fourth-order valence-electron chi connectivity index (χ4n) is 5.98. The van der Waals surface area contributed by atoms with E-state index in [-0.39, 0.29) is 32.4 Å². The number of hydrogen-bond acceptors (Lipinski definition) is 7. The van der Waals surface area contributed by atoms with Crippen molar-refractivity contribution in [3.63, 3.8) is 0 Å². The van der Waals surface area contributed by atoms with Gasteiger partial charge >= 0.3 is 0 Å². The van der Waals surface area contributed by atoms with E-state index in [4.69, 9.17) is 12.2 Å². The molecular weight excluding hydrogens is 607 g/mol. The Kier molecular flexibility index (Phi) is 8.43. The van der Waals surface area contributed by atoms with Gasteiger partial charge in [-0.2, -0.15) is 0 Å². The fourth-order valence-corrected chi connectivity index (χ4v) is 7.81. The van der Waals surface area contributed by atoms with E-state index in [0.29, 0.717) is 48.4 Å². The van der Waals surface area contributed by atoms with E-state index in [9.17, 15) is 18.3 Å². The van der Waals surface area contributed by atoms with Crippen molar-refractivity contribution in [2.75, 3.05) is 19.3 Å². The number of phenols is 1. The highest BCUT2D eigenvalue weighted by Crippen LogP contribution is 2.42. The predicted molar refractivity (Wildman–Crippen MR) is 167 cm³/mol. The first-order valence-corrected chi connectivity index (χ1v) is 16.4. The van der Waals surface area contributed by atoms with Crippen molar-refractivity contribution in [1.29, 1.82) is 0 Å². The minimum absolute atomic E-state index is 0.0691. The van der Waals surface area contributed by atoms with Crippen molar-refractivity contribution in [3.05, 3.63) is 82.3 Å². The highest BCUT2D eigenvalue weighted by atomic mass is 32.2. The number of phenolic OH excluding ortho intramolecular Hbond substituents is 1. The zero-order valence-corrected chi connectivity index (χ0v) is 26.4. The van der Waals surface area contributed by atoms with Crippen LogP contribution in [0.5, 0.6) is 5.75 Å². The number of fused-ring (bicyclic) bond motifs is 1. The molecule has 1 aliphatic heterocycles. The molecule has 8 nitrogen and oxygen atoms in total. The first-order chi connectivity index (χ1) is 20.8. The zero-order chi connectivity index (χ0) is 32.1. The monoisotopic (exact) mass is 638 g/mol. The van der Waals surface area contributed by atoms with Gasteiger partial charge in [0.1, 0.15) is 32.4 Å². The summed E-state index contributed by atoms with van der Waals surface area (Å²) in [5.41, 5.74) is 1.33. The number of pyridine rings is 3. The topological polar surface area (TPSA) is 105 Å². The molecular formula is C32H32F2N4O4S2. The van der Waals surface area contributed by atoms with Crippen LogP contribution < -0.4 is 0 Å². The number of rotatable bonds is 6. The number of piperidine rings is 1. The van der Waals surface area contributed by atoms with E-state index < -0.39 is 44.4 Å². The maximum Gasteiger partial charge on any atom is 0.245 e. The summed E-state index contributed by atoms with van der Waals surface area (Å²) in [7, 11) is -4.00. The molecule has 4 heterocycles. The Morgan fingerprint density at radius 2 is 1.86 bits per heavy atom. The molecule has 3 aromatic heterocycles. The van der Waals surface area contributed by atoms with Gasteiger partial charge in [0.25, 0.3) is 0 Å². The van der Waals surface area contributed by atoms with E-state index in [2.05, 4.69) is 16.5 Å². The van der Waals surface area contributed by atoms with Crippen LogP contribution in [0, 0.1) is 23.2 Å². The molecule has 0 spiro atoms. The molecule has 5 rings (SSSR count). The lowest BCUT2D eigenvalue weighted by atomic mass is 9.87. The molecule has 0 unspecified atom stereocenters. The normalized spacial score (nSPS) is 14.4. The number of amides is 1. The lowest BCUT2D eigenvalue weighted by molar-refractivity contribution is -0.127. The molecule has 44 heavy (non-hydrogen) atoms.